The first-order valence-corrected chi connectivity index (χ1v) is 8.21. The molecule has 0 fully saturated rings. The lowest BCUT2D eigenvalue weighted by Gasteiger charge is -2.17. The quantitative estimate of drug-likeness (QED) is 0.619. The molecular formula is C13H19FN2O2S2. The summed E-state index contributed by atoms with van der Waals surface area (Å²) in [6.07, 6.45) is 2.76. The van der Waals surface area contributed by atoms with Gasteiger partial charge in [-0.15, -0.1) is 0 Å². The first-order chi connectivity index (χ1) is 9.30. The van der Waals surface area contributed by atoms with Crippen LogP contribution in [0.4, 0.5) is 4.39 Å². The predicted molar refractivity (Wildman–Crippen MR) is 81.6 cm³/mol. The number of halogens is 1. The van der Waals surface area contributed by atoms with Crippen LogP contribution >= 0.6 is 12.2 Å². The molecule has 0 heterocycles. The van der Waals surface area contributed by atoms with Crippen molar-refractivity contribution in [3.8, 4) is 0 Å². The summed E-state index contributed by atoms with van der Waals surface area (Å²) in [5, 5.41) is 0. The van der Waals surface area contributed by atoms with Crippen molar-refractivity contribution < 1.29 is 12.8 Å². The molecule has 20 heavy (non-hydrogen) atoms. The summed E-state index contributed by atoms with van der Waals surface area (Å²) in [6, 6.07) is 3.48. The highest BCUT2D eigenvalue weighted by atomic mass is 32.2. The van der Waals surface area contributed by atoms with E-state index in [0.29, 0.717) is 6.54 Å². The number of nitrogens with two attached hydrogens (primary N) is 1. The van der Waals surface area contributed by atoms with E-state index in [-0.39, 0.29) is 15.4 Å². The highest BCUT2D eigenvalue weighted by Crippen LogP contribution is 2.19. The molecule has 1 aromatic rings. The van der Waals surface area contributed by atoms with E-state index in [0.717, 1.165) is 25.3 Å². The van der Waals surface area contributed by atoms with Crippen LogP contribution in [0.25, 0.3) is 0 Å². The number of nitrogens with zero attached hydrogens (tertiary/aromatic N) is 1. The summed E-state index contributed by atoms with van der Waals surface area (Å²) < 4.78 is 39.4. The van der Waals surface area contributed by atoms with Gasteiger partial charge in [0.15, 0.2) is 0 Å². The van der Waals surface area contributed by atoms with Gasteiger partial charge in [0.1, 0.15) is 10.8 Å². The average molecular weight is 318 g/mol. The molecule has 4 nitrogen and oxygen atoms in total. The number of rotatable bonds is 7. The fraction of sp³-hybridized carbons (Fsp3) is 0.462. The van der Waals surface area contributed by atoms with Gasteiger partial charge < -0.3 is 5.73 Å². The Kier molecular flexibility index (Phi) is 6.04. The molecule has 0 aliphatic rings. The van der Waals surface area contributed by atoms with E-state index in [4.69, 9.17) is 18.0 Å². The van der Waals surface area contributed by atoms with Crippen LogP contribution in [0.2, 0.25) is 0 Å². The molecule has 0 aliphatic heterocycles. The van der Waals surface area contributed by atoms with E-state index in [2.05, 4.69) is 0 Å². The van der Waals surface area contributed by atoms with Crippen LogP contribution in [0.15, 0.2) is 23.1 Å². The monoisotopic (exact) mass is 318 g/mol. The SMILES string of the molecule is CCCCCN(C)S(=O)(=O)c1ccc(F)c(C(N)=S)c1. The smallest absolute Gasteiger partial charge is 0.242 e. The van der Waals surface area contributed by atoms with Gasteiger partial charge in [-0.05, 0) is 24.6 Å². The summed E-state index contributed by atoms with van der Waals surface area (Å²) >= 11 is 4.71. The average Bonchev–Trinajstić information content (AvgIpc) is 2.38. The Morgan fingerprint density at radius 3 is 2.60 bits per heavy atom. The fourth-order valence-electron chi connectivity index (χ4n) is 1.74. The summed E-state index contributed by atoms with van der Waals surface area (Å²) in [4.78, 5) is -0.158. The fourth-order valence-corrected chi connectivity index (χ4v) is 3.13. The van der Waals surface area contributed by atoms with Crippen molar-refractivity contribution in [3.63, 3.8) is 0 Å². The first kappa shape index (κ1) is 17.0. The van der Waals surface area contributed by atoms with Gasteiger partial charge in [0, 0.05) is 19.2 Å². The number of unbranched alkanes of at least 4 members (excludes halogenated alkanes) is 2. The van der Waals surface area contributed by atoms with Crippen molar-refractivity contribution in [1.29, 1.82) is 0 Å². The Balaban J connectivity index is 3.03. The molecule has 1 rings (SSSR count). The number of hydrogen-bond donors (Lipinski definition) is 1. The highest BCUT2D eigenvalue weighted by Gasteiger charge is 2.22. The van der Waals surface area contributed by atoms with Crippen molar-refractivity contribution >= 4 is 27.2 Å². The molecule has 0 saturated carbocycles. The molecule has 2 N–H and O–H groups in total. The van der Waals surface area contributed by atoms with E-state index in [9.17, 15) is 12.8 Å². The highest BCUT2D eigenvalue weighted by molar-refractivity contribution is 7.89. The van der Waals surface area contributed by atoms with E-state index >= 15 is 0 Å². The number of sulfonamides is 1. The summed E-state index contributed by atoms with van der Waals surface area (Å²) in [5.41, 5.74) is 5.33. The molecule has 0 aromatic heterocycles. The zero-order chi connectivity index (χ0) is 15.3. The third kappa shape index (κ3) is 3.97. The van der Waals surface area contributed by atoms with Gasteiger partial charge >= 0.3 is 0 Å². The maximum atomic E-state index is 13.5. The molecule has 1 aromatic carbocycles. The van der Waals surface area contributed by atoms with Crippen molar-refractivity contribution in [2.45, 2.75) is 31.1 Å². The van der Waals surface area contributed by atoms with E-state index < -0.39 is 15.8 Å². The number of benzene rings is 1. The maximum absolute atomic E-state index is 13.5. The zero-order valence-corrected chi connectivity index (χ0v) is 13.2. The van der Waals surface area contributed by atoms with Crippen LogP contribution in [-0.2, 0) is 10.0 Å². The Labute approximate surface area is 124 Å². The van der Waals surface area contributed by atoms with Crippen LogP contribution < -0.4 is 5.73 Å². The van der Waals surface area contributed by atoms with Gasteiger partial charge in [-0.2, -0.15) is 0 Å². The normalized spacial score (nSPS) is 11.8. The van der Waals surface area contributed by atoms with Crippen LogP contribution in [0.5, 0.6) is 0 Å². The third-order valence-electron chi connectivity index (χ3n) is 2.99. The van der Waals surface area contributed by atoms with Crippen molar-refractivity contribution in [3.05, 3.63) is 29.6 Å². The van der Waals surface area contributed by atoms with Gasteiger partial charge in [0.25, 0.3) is 0 Å². The van der Waals surface area contributed by atoms with Gasteiger partial charge in [-0.1, -0.05) is 32.0 Å². The Morgan fingerprint density at radius 2 is 2.05 bits per heavy atom. The molecule has 0 atom stereocenters. The summed E-state index contributed by atoms with van der Waals surface area (Å²) in [6.45, 7) is 2.47. The molecule has 112 valence electrons. The minimum Gasteiger partial charge on any atom is -0.389 e. The molecule has 0 amide bonds. The minimum atomic E-state index is -3.64. The molecule has 0 spiro atoms. The molecule has 0 radical (unpaired) electrons. The van der Waals surface area contributed by atoms with Gasteiger partial charge in [-0.25, -0.2) is 17.1 Å². The topological polar surface area (TPSA) is 63.4 Å². The van der Waals surface area contributed by atoms with Crippen LogP contribution in [0.3, 0.4) is 0 Å². The van der Waals surface area contributed by atoms with E-state index in [1.54, 1.807) is 0 Å². The van der Waals surface area contributed by atoms with Crippen LogP contribution in [0.1, 0.15) is 31.7 Å². The van der Waals surface area contributed by atoms with Crippen molar-refractivity contribution in [2.24, 2.45) is 5.73 Å². The largest absolute Gasteiger partial charge is 0.389 e. The molecule has 0 unspecified atom stereocenters. The lowest BCUT2D eigenvalue weighted by atomic mass is 10.2. The molecule has 7 heteroatoms. The predicted octanol–water partition coefficient (Wildman–Crippen LogP) is 2.27. The molecule has 0 aliphatic carbocycles. The van der Waals surface area contributed by atoms with Crippen LogP contribution in [-0.4, -0.2) is 31.3 Å². The van der Waals surface area contributed by atoms with Crippen molar-refractivity contribution in [2.75, 3.05) is 13.6 Å². The van der Waals surface area contributed by atoms with Crippen molar-refractivity contribution in [1.82, 2.24) is 4.31 Å². The Morgan fingerprint density at radius 1 is 1.40 bits per heavy atom. The standard InChI is InChI=1S/C13H19FN2O2S2/c1-3-4-5-8-16(2)20(17,18)10-6-7-12(14)11(9-10)13(15)19/h6-7,9H,3-5,8H2,1-2H3,(H2,15,19). The number of thiocarbonyl (C=S) groups is 1. The minimum absolute atomic E-state index is 0.000647. The van der Waals surface area contributed by atoms with Gasteiger partial charge in [0.05, 0.1) is 4.90 Å². The molecular weight excluding hydrogens is 299 g/mol. The first-order valence-electron chi connectivity index (χ1n) is 6.36. The van der Waals surface area contributed by atoms with E-state index in [1.807, 2.05) is 6.92 Å². The summed E-state index contributed by atoms with van der Waals surface area (Å²) in [5.74, 6) is -0.620. The molecule has 0 saturated heterocycles. The Bertz CT molecular complexity index is 588. The molecule has 0 bridgehead atoms. The van der Waals surface area contributed by atoms with Crippen LogP contribution in [0, 0.1) is 5.82 Å². The third-order valence-corrected chi connectivity index (χ3v) is 5.06. The second-order valence-electron chi connectivity index (χ2n) is 4.54. The lowest BCUT2D eigenvalue weighted by Crippen LogP contribution is -2.28. The van der Waals surface area contributed by atoms with Gasteiger partial charge in [0.2, 0.25) is 10.0 Å². The lowest BCUT2D eigenvalue weighted by molar-refractivity contribution is 0.454. The second kappa shape index (κ2) is 7.10. The van der Waals surface area contributed by atoms with Gasteiger partial charge in [-0.3, -0.25) is 0 Å². The Hall–Kier alpha value is -1.05. The van der Waals surface area contributed by atoms with E-state index in [1.165, 1.54) is 23.5 Å². The number of hydrogen-bond acceptors (Lipinski definition) is 3. The zero-order valence-electron chi connectivity index (χ0n) is 11.6. The maximum Gasteiger partial charge on any atom is 0.242 e. The summed E-state index contributed by atoms with van der Waals surface area (Å²) in [7, 11) is -2.13. The second-order valence-corrected chi connectivity index (χ2v) is 7.02.